The fourth-order valence-electron chi connectivity index (χ4n) is 1.73. The second-order valence-corrected chi connectivity index (χ2v) is 6.60. The summed E-state index contributed by atoms with van der Waals surface area (Å²) in [5.74, 6) is 0.511. The molecule has 0 aliphatic heterocycles. The zero-order valence-electron chi connectivity index (χ0n) is 11.7. The maximum absolute atomic E-state index is 11.8. The molecule has 0 saturated carbocycles. The molecule has 3 nitrogen and oxygen atoms in total. The Morgan fingerprint density at radius 2 is 1.77 bits per heavy atom. The number of halogens is 3. The first-order valence-corrected chi connectivity index (χ1v) is 8.53. The van der Waals surface area contributed by atoms with Gasteiger partial charge in [-0.25, -0.2) is 4.79 Å². The topological polar surface area (TPSA) is 35.5 Å². The number of ether oxygens (including phenoxy) is 2. The summed E-state index contributed by atoms with van der Waals surface area (Å²) in [5.41, 5.74) is 1.19. The van der Waals surface area contributed by atoms with Crippen LogP contribution in [0, 0.1) is 0 Å². The Balaban J connectivity index is 1.95. The number of rotatable bonds is 5. The van der Waals surface area contributed by atoms with Crippen LogP contribution in [0.1, 0.15) is 12.5 Å². The molecule has 2 rings (SSSR count). The number of aryl methyl sites for hydroxylation is 1. The van der Waals surface area contributed by atoms with Gasteiger partial charge in [0.25, 0.3) is 0 Å². The molecule has 0 saturated heterocycles. The van der Waals surface area contributed by atoms with Crippen LogP contribution in [0.25, 0.3) is 0 Å². The van der Waals surface area contributed by atoms with E-state index in [1.807, 2.05) is 18.2 Å². The first kappa shape index (κ1) is 17.3. The molecule has 0 aromatic heterocycles. The molecule has 116 valence electrons. The predicted molar refractivity (Wildman–Crippen MR) is 93.8 cm³/mol. The van der Waals surface area contributed by atoms with Crippen molar-refractivity contribution in [3.05, 3.63) is 55.9 Å². The first-order valence-electron chi connectivity index (χ1n) is 6.56. The van der Waals surface area contributed by atoms with Gasteiger partial charge >= 0.3 is 5.97 Å². The minimum atomic E-state index is -0.491. The van der Waals surface area contributed by atoms with Crippen LogP contribution in [0.3, 0.4) is 0 Å². The smallest absolute Gasteiger partial charge is 0.349 e. The molecule has 22 heavy (non-hydrogen) atoms. The van der Waals surface area contributed by atoms with Crippen LogP contribution >= 0.6 is 43.5 Å². The third-order valence-electron chi connectivity index (χ3n) is 2.87. The summed E-state index contributed by atoms with van der Waals surface area (Å²) in [7, 11) is 0. The first-order chi connectivity index (χ1) is 10.5. The molecular formula is C16H13Br2ClO3. The van der Waals surface area contributed by atoms with Gasteiger partial charge in [0.05, 0.1) is 8.95 Å². The van der Waals surface area contributed by atoms with Crippen molar-refractivity contribution in [1.82, 2.24) is 0 Å². The fourth-order valence-corrected chi connectivity index (χ4v) is 3.03. The van der Waals surface area contributed by atoms with E-state index in [0.717, 1.165) is 10.9 Å². The zero-order chi connectivity index (χ0) is 16.1. The third kappa shape index (κ3) is 4.73. The lowest BCUT2D eigenvalue weighted by atomic mass is 10.2. The Labute approximate surface area is 150 Å². The number of benzene rings is 2. The van der Waals surface area contributed by atoms with E-state index in [-0.39, 0.29) is 6.61 Å². The Morgan fingerprint density at radius 3 is 2.41 bits per heavy atom. The summed E-state index contributed by atoms with van der Waals surface area (Å²) in [6.45, 7) is 1.89. The van der Waals surface area contributed by atoms with Gasteiger partial charge in [0.1, 0.15) is 11.5 Å². The summed E-state index contributed by atoms with van der Waals surface area (Å²) in [6.07, 6.45) is 0.936. The van der Waals surface area contributed by atoms with E-state index in [2.05, 4.69) is 38.8 Å². The van der Waals surface area contributed by atoms with Gasteiger partial charge < -0.3 is 9.47 Å². The van der Waals surface area contributed by atoms with Crippen LogP contribution in [0.4, 0.5) is 0 Å². The molecule has 0 unspecified atom stereocenters. The molecule has 0 fully saturated rings. The number of hydrogen-bond acceptors (Lipinski definition) is 3. The van der Waals surface area contributed by atoms with Gasteiger partial charge in [-0.2, -0.15) is 0 Å². The number of hydrogen-bond donors (Lipinski definition) is 0. The molecule has 0 spiro atoms. The highest BCUT2D eigenvalue weighted by Crippen LogP contribution is 2.29. The SMILES string of the molecule is CCc1ccc(OCC(=O)Oc2ccc(Cl)cc2Br)c(Br)c1. The van der Waals surface area contributed by atoms with Crippen LogP contribution in [-0.4, -0.2) is 12.6 Å². The van der Waals surface area contributed by atoms with Crippen LogP contribution in [-0.2, 0) is 11.2 Å². The Kier molecular flexibility index (Phi) is 6.29. The summed E-state index contributed by atoms with van der Waals surface area (Å²) in [6, 6.07) is 10.7. The number of esters is 1. The van der Waals surface area contributed by atoms with Crippen LogP contribution in [0.2, 0.25) is 5.02 Å². The molecular weight excluding hydrogens is 435 g/mol. The highest BCUT2D eigenvalue weighted by atomic mass is 79.9. The molecule has 0 amide bonds. The second kappa shape index (κ2) is 7.99. The van der Waals surface area contributed by atoms with Crippen LogP contribution in [0.15, 0.2) is 45.3 Å². The summed E-state index contributed by atoms with van der Waals surface area (Å²) in [5, 5.41) is 0.558. The molecule has 0 heterocycles. The van der Waals surface area contributed by atoms with Gasteiger partial charge in [-0.1, -0.05) is 24.6 Å². The van der Waals surface area contributed by atoms with E-state index in [1.54, 1.807) is 18.2 Å². The molecule has 0 radical (unpaired) electrons. The molecule has 0 atom stereocenters. The average molecular weight is 449 g/mol. The quantitative estimate of drug-likeness (QED) is 0.453. The van der Waals surface area contributed by atoms with Crippen molar-refractivity contribution in [2.24, 2.45) is 0 Å². The predicted octanol–water partition coefficient (Wildman–Crippen LogP) is 5.41. The summed E-state index contributed by atoms with van der Waals surface area (Å²) < 4.78 is 12.1. The van der Waals surface area contributed by atoms with Gasteiger partial charge in [0, 0.05) is 5.02 Å². The van der Waals surface area contributed by atoms with E-state index >= 15 is 0 Å². The lowest BCUT2D eigenvalue weighted by molar-refractivity contribution is -0.136. The highest BCUT2D eigenvalue weighted by molar-refractivity contribution is 9.10. The number of carbonyl (C=O) groups excluding carboxylic acids is 1. The Bertz CT molecular complexity index is 689. The Hall–Kier alpha value is -1.04. The minimum Gasteiger partial charge on any atom is -0.481 e. The van der Waals surface area contributed by atoms with Crippen molar-refractivity contribution in [3.63, 3.8) is 0 Å². The van der Waals surface area contributed by atoms with Crippen molar-refractivity contribution < 1.29 is 14.3 Å². The van der Waals surface area contributed by atoms with E-state index in [1.165, 1.54) is 5.56 Å². The molecule has 0 aliphatic rings. The van der Waals surface area contributed by atoms with Crippen LogP contribution in [0.5, 0.6) is 11.5 Å². The van der Waals surface area contributed by atoms with E-state index in [4.69, 9.17) is 21.1 Å². The lowest BCUT2D eigenvalue weighted by Crippen LogP contribution is -2.18. The largest absolute Gasteiger partial charge is 0.481 e. The average Bonchev–Trinajstić information content (AvgIpc) is 2.48. The van der Waals surface area contributed by atoms with Gasteiger partial charge in [-0.15, -0.1) is 0 Å². The third-order valence-corrected chi connectivity index (χ3v) is 4.34. The van der Waals surface area contributed by atoms with E-state index < -0.39 is 5.97 Å². The summed E-state index contributed by atoms with van der Waals surface area (Å²) >= 11 is 12.6. The van der Waals surface area contributed by atoms with Crippen molar-refractivity contribution in [2.75, 3.05) is 6.61 Å². The van der Waals surface area contributed by atoms with Gasteiger partial charge in [-0.3, -0.25) is 0 Å². The van der Waals surface area contributed by atoms with Gasteiger partial charge in [-0.05, 0) is 74.2 Å². The monoisotopic (exact) mass is 446 g/mol. The highest BCUT2D eigenvalue weighted by Gasteiger charge is 2.11. The fraction of sp³-hybridized carbons (Fsp3) is 0.188. The van der Waals surface area contributed by atoms with Crippen molar-refractivity contribution in [2.45, 2.75) is 13.3 Å². The van der Waals surface area contributed by atoms with Gasteiger partial charge in [0.15, 0.2) is 6.61 Å². The minimum absolute atomic E-state index is 0.181. The molecule has 6 heteroatoms. The van der Waals surface area contributed by atoms with Gasteiger partial charge in [0.2, 0.25) is 0 Å². The maximum Gasteiger partial charge on any atom is 0.349 e. The molecule has 0 aliphatic carbocycles. The van der Waals surface area contributed by atoms with E-state index in [0.29, 0.717) is 21.0 Å². The normalized spacial score (nSPS) is 10.4. The molecule has 2 aromatic carbocycles. The standard InChI is InChI=1S/C16H13Br2ClO3/c1-2-10-3-5-14(12(17)7-10)21-9-16(20)22-15-6-4-11(19)8-13(15)18/h3-8H,2,9H2,1H3. The van der Waals surface area contributed by atoms with Crippen molar-refractivity contribution in [3.8, 4) is 11.5 Å². The lowest BCUT2D eigenvalue weighted by Gasteiger charge is -2.10. The van der Waals surface area contributed by atoms with Crippen LogP contribution < -0.4 is 9.47 Å². The van der Waals surface area contributed by atoms with E-state index in [9.17, 15) is 4.79 Å². The number of carbonyl (C=O) groups is 1. The van der Waals surface area contributed by atoms with Crippen molar-refractivity contribution >= 4 is 49.4 Å². The summed E-state index contributed by atoms with van der Waals surface area (Å²) in [4.78, 5) is 11.8. The zero-order valence-corrected chi connectivity index (χ0v) is 15.7. The van der Waals surface area contributed by atoms with Crippen molar-refractivity contribution in [1.29, 1.82) is 0 Å². The Morgan fingerprint density at radius 1 is 1.09 bits per heavy atom. The maximum atomic E-state index is 11.8. The molecule has 2 aromatic rings. The molecule has 0 N–H and O–H groups in total. The molecule has 0 bridgehead atoms. The second-order valence-electron chi connectivity index (χ2n) is 4.46.